The molecular formula is C21H22ClN3O3. The third kappa shape index (κ3) is 4.08. The number of ketones is 1. The summed E-state index contributed by atoms with van der Waals surface area (Å²) in [4.78, 5) is 33.2. The molecule has 0 saturated carbocycles. The Morgan fingerprint density at radius 3 is 2.54 bits per heavy atom. The van der Waals surface area contributed by atoms with Gasteiger partial charge in [-0.15, -0.1) is 0 Å². The molecule has 28 heavy (non-hydrogen) atoms. The van der Waals surface area contributed by atoms with Gasteiger partial charge in [0.25, 0.3) is 11.7 Å². The standard InChI is InChI=1S/C21H22ClN3O3/c1-24(2)11-4-12-25-18(15-5-3-10-23-13-15)17(20(27)21(25)28)19(26)14-6-8-16(22)9-7-14/h3,5-10,13,18,26H,4,11-12H2,1-2H3/b19-17-. The molecule has 1 saturated heterocycles. The molecule has 2 heterocycles. The Kier molecular flexibility index (Phi) is 6.11. The second-order valence-electron chi connectivity index (χ2n) is 6.94. The highest BCUT2D eigenvalue weighted by Crippen LogP contribution is 2.39. The zero-order valence-electron chi connectivity index (χ0n) is 15.8. The molecule has 0 aliphatic carbocycles. The topological polar surface area (TPSA) is 73.7 Å². The van der Waals surface area contributed by atoms with E-state index in [1.807, 2.05) is 19.0 Å². The third-order valence-corrected chi connectivity index (χ3v) is 4.91. The van der Waals surface area contributed by atoms with E-state index in [2.05, 4.69) is 4.98 Å². The highest BCUT2D eigenvalue weighted by molar-refractivity contribution is 6.46. The maximum atomic E-state index is 12.8. The predicted molar refractivity (Wildman–Crippen MR) is 108 cm³/mol. The molecule has 3 rings (SSSR count). The molecule has 1 unspecified atom stereocenters. The van der Waals surface area contributed by atoms with Crippen LogP contribution in [0.25, 0.3) is 5.76 Å². The Hall–Kier alpha value is -2.70. The molecule has 1 fully saturated rings. The van der Waals surface area contributed by atoms with Crippen molar-refractivity contribution in [3.63, 3.8) is 0 Å². The molecule has 6 nitrogen and oxygen atoms in total. The first kappa shape index (κ1) is 20.0. The number of rotatable bonds is 6. The molecule has 7 heteroatoms. The van der Waals surface area contributed by atoms with Crippen LogP contribution in [0.15, 0.2) is 54.4 Å². The van der Waals surface area contributed by atoms with Crippen LogP contribution in [0.2, 0.25) is 5.02 Å². The summed E-state index contributed by atoms with van der Waals surface area (Å²) in [5.74, 6) is -1.51. The van der Waals surface area contributed by atoms with E-state index in [1.54, 1.807) is 48.8 Å². The number of benzene rings is 1. The number of carbonyl (C=O) groups excluding carboxylic acids is 2. The lowest BCUT2D eigenvalue weighted by Crippen LogP contribution is -2.32. The van der Waals surface area contributed by atoms with Gasteiger partial charge in [0, 0.05) is 29.5 Å². The smallest absolute Gasteiger partial charge is 0.295 e. The van der Waals surface area contributed by atoms with Crippen LogP contribution in [0, 0.1) is 0 Å². The zero-order valence-corrected chi connectivity index (χ0v) is 16.6. The molecule has 0 bridgehead atoms. The summed E-state index contributed by atoms with van der Waals surface area (Å²) in [6.45, 7) is 1.18. The maximum Gasteiger partial charge on any atom is 0.295 e. The Morgan fingerprint density at radius 2 is 1.93 bits per heavy atom. The van der Waals surface area contributed by atoms with Gasteiger partial charge in [0.05, 0.1) is 11.6 Å². The van der Waals surface area contributed by atoms with Gasteiger partial charge in [0.15, 0.2) is 0 Å². The van der Waals surface area contributed by atoms with E-state index in [-0.39, 0.29) is 11.3 Å². The number of nitrogens with zero attached hydrogens (tertiary/aromatic N) is 3. The highest BCUT2D eigenvalue weighted by atomic mass is 35.5. The van der Waals surface area contributed by atoms with Crippen LogP contribution in [0.5, 0.6) is 0 Å². The van der Waals surface area contributed by atoms with E-state index in [0.717, 1.165) is 6.54 Å². The van der Waals surface area contributed by atoms with Crippen molar-refractivity contribution in [2.45, 2.75) is 12.5 Å². The van der Waals surface area contributed by atoms with Crippen LogP contribution < -0.4 is 0 Å². The number of aliphatic hydroxyl groups excluding tert-OH is 1. The van der Waals surface area contributed by atoms with Crippen LogP contribution in [-0.4, -0.2) is 58.8 Å². The number of halogens is 1. The van der Waals surface area contributed by atoms with E-state index in [9.17, 15) is 14.7 Å². The summed E-state index contributed by atoms with van der Waals surface area (Å²) in [5.41, 5.74) is 1.19. The minimum Gasteiger partial charge on any atom is -0.507 e. The van der Waals surface area contributed by atoms with Gasteiger partial charge in [0.1, 0.15) is 5.76 Å². The van der Waals surface area contributed by atoms with E-state index in [0.29, 0.717) is 29.1 Å². The number of aromatic nitrogens is 1. The van der Waals surface area contributed by atoms with E-state index < -0.39 is 17.7 Å². The Bertz CT molecular complexity index is 895. The van der Waals surface area contributed by atoms with Gasteiger partial charge in [-0.1, -0.05) is 17.7 Å². The second-order valence-corrected chi connectivity index (χ2v) is 7.38. The largest absolute Gasteiger partial charge is 0.507 e. The normalized spacial score (nSPS) is 18.9. The quantitative estimate of drug-likeness (QED) is 0.459. The minimum atomic E-state index is -0.689. The molecule has 1 atom stereocenters. The molecule has 1 amide bonds. The lowest BCUT2D eigenvalue weighted by atomic mass is 9.96. The van der Waals surface area contributed by atoms with Crippen LogP contribution in [0.3, 0.4) is 0 Å². The monoisotopic (exact) mass is 399 g/mol. The molecule has 1 aliphatic heterocycles. The number of amides is 1. The number of hydrogen-bond acceptors (Lipinski definition) is 5. The molecule has 0 radical (unpaired) electrons. The number of Topliss-reactive ketones (excluding diaryl/α,β-unsaturated/α-hetero) is 1. The van der Waals surface area contributed by atoms with E-state index in [4.69, 9.17) is 11.6 Å². The van der Waals surface area contributed by atoms with Crippen molar-refractivity contribution in [3.05, 3.63) is 70.5 Å². The summed E-state index contributed by atoms with van der Waals surface area (Å²) in [6.07, 6.45) is 3.95. The molecular weight excluding hydrogens is 378 g/mol. The van der Waals surface area contributed by atoms with Gasteiger partial charge in [-0.3, -0.25) is 14.6 Å². The Balaban J connectivity index is 2.06. The first-order valence-electron chi connectivity index (χ1n) is 8.99. The zero-order chi connectivity index (χ0) is 20.3. The second kappa shape index (κ2) is 8.54. The molecule has 2 aromatic rings. The Morgan fingerprint density at radius 1 is 1.21 bits per heavy atom. The fourth-order valence-electron chi connectivity index (χ4n) is 3.32. The summed E-state index contributed by atoms with van der Waals surface area (Å²) < 4.78 is 0. The van der Waals surface area contributed by atoms with Crippen LogP contribution >= 0.6 is 11.6 Å². The number of hydrogen-bond donors (Lipinski definition) is 1. The third-order valence-electron chi connectivity index (χ3n) is 4.66. The van der Waals surface area contributed by atoms with Crippen molar-refractivity contribution in [1.29, 1.82) is 0 Å². The lowest BCUT2D eigenvalue weighted by Gasteiger charge is -2.25. The van der Waals surface area contributed by atoms with Crippen molar-refractivity contribution in [2.75, 3.05) is 27.2 Å². The number of carbonyl (C=O) groups is 2. The average molecular weight is 400 g/mol. The number of likely N-dealkylation sites (tertiary alicyclic amines) is 1. The summed E-state index contributed by atoms with van der Waals surface area (Å²) in [5, 5.41) is 11.4. The SMILES string of the molecule is CN(C)CCCN1C(=O)C(=O)/C(=C(\O)c2ccc(Cl)cc2)C1c1cccnc1. The van der Waals surface area contributed by atoms with E-state index in [1.165, 1.54) is 4.90 Å². The van der Waals surface area contributed by atoms with Crippen LogP contribution in [0.4, 0.5) is 0 Å². The molecule has 0 spiro atoms. The first-order valence-corrected chi connectivity index (χ1v) is 9.37. The van der Waals surface area contributed by atoms with Gasteiger partial charge < -0.3 is 14.9 Å². The molecule has 146 valence electrons. The minimum absolute atomic E-state index is 0.0742. The maximum absolute atomic E-state index is 12.8. The summed E-state index contributed by atoms with van der Waals surface area (Å²) >= 11 is 5.92. The van der Waals surface area contributed by atoms with Gasteiger partial charge in [0.2, 0.25) is 0 Å². The van der Waals surface area contributed by atoms with Crippen molar-refractivity contribution in [2.24, 2.45) is 0 Å². The first-order chi connectivity index (χ1) is 13.4. The number of pyridine rings is 1. The van der Waals surface area contributed by atoms with Crippen molar-refractivity contribution in [3.8, 4) is 0 Å². The highest BCUT2D eigenvalue weighted by Gasteiger charge is 2.45. The summed E-state index contributed by atoms with van der Waals surface area (Å²) in [6, 6.07) is 9.38. The van der Waals surface area contributed by atoms with Gasteiger partial charge in [-0.2, -0.15) is 0 Å². The van der Waals surface area contributed by atoms with Crippen molar-refractivity contribution in [1.82, 2.24) is 14.8 Å². The van der Waals surface area contributed by atoms with Crippen molar-refractivity contribution >= 4 is 29.1 Å². The van der Waals surface area contributed by atoms with Crippen LogP contribution in [0.1, 0.15) is 23.6 Å². The number of aliphatic hydroxyl groups is 1. The average Bonchev–Trinajstić information content (AvgIpc) is 2.93. The van der Waals surface area contributed by atoms with Crippen LogP contribution in [-0.2, 0) is 9.59 Å². The Labute approximate surface area is 169 Å². The molecule has 1 aromatic heterocycles. The fourth-order valence-corrected chi connectivity index (χ4v) is 3.44. The summed E-state index contributed by atoms with van der Waals surface area (Å²) in [7, 11) is 3.90. The van der Waals surface area contributed by atoms with E-state index >= 15 is 0 Å². The van der Waals surface area contributed by atoms with Crippen molar-refractivity contribution < 1.29 is 14.7 Å². The molecule has 1 aromatic carbocycles. The van der Waals surface area contributed by atoms with Gasteiger partial charge >= 0.3 is 0 Å². The predicted octanol–water partition coefficient (Wildman–Crippen LogP) is 3.11. The molecule has 1 aliphatic rings. The van der Waals surface area contributed by atoms with Gasteiger partial charge in [-0.25, -0.2) is 0 Å². The lowest BCUT2D eigenvalue weighted by molar-refractivity contribution is -0.139. The fraction of sp³-hybridized carbons (Fsp3) is 0.286. The molecule has 1 N–H and O–H groups in total. The van der Waals surface area contributed by atoms with Gasteiger partial charge in [-0.05, 0) is 63.0 Å².